The third-order valence-corrected chi connectivity index (χ3v) is 7.85. The SMILES string of the molecule is COC(C)(C[Te](=O)c1ccccc1)c1ccccc1. The van der Waals surface area contributed by atoms with Crippen LogP contribution in [-0.2, 0) is 13.4 Å². The van der Waals surface area contributed by atoms with Crippen molar-refractivity contribution in [2.45, 2.75) is 17.0 Å². The Morgan fingerprint density at radius 2 is 1.53 bits per heavy atom. The molecular formula is C16H18O2Te. The number of ether oxygens (including phenoxy) is 1. The molecule has 19 heavy (non-hydrogen) atoms. The Kier molecular flexibility index (Phi) is 4.87. The first-order valence-corrected chi connectivity index (χ1v) is 9.96. The first-order chi connectivity index (χ1) is 9.15. The summed E-state index contributed by atoms with van der Waals surface area (Å²) in [6.07, 6.45) is 0. The Labute approximate surface area is 121 Å². The van der Waals surface area contributed by atoms with Gasteiger partial charge in [0.25, 0.3) is 0 Å². The van der Waals surface area contributed by atoms with Crippen molar-refractivity contribution in [3.05, 3.63) is 66.2 Å². The van der Waals surface area contributed by atoms with Gasteiger partial charge in [-0.05, 0) is 0 Å². The standard InChI is InChI=1S/C16H18O2Te/c1-16(18-2,14-9-5-3-6-10-14)13-19(17)15-11-7-4-8-12-15/h3-12H,13H2,1-2H3. The predicted molar refractivity (Wildman–Crippen MR) is 78.1 cm³/mol. The number of methoxy groups -OCH3 is 1. The van der Waals surface area contributed by atoms with E-state index in [1.54, 1.807) is 7.11 Å². The Hall–Kier alpha value is -1.01. The summed E-state index contributed by atoms with van der Waals surface area (Å²) in [4.78, 5) is 0. The average molecular weight is 370 g/mol. The van der Waals surface area contributed by atoms with Gasteiger partial charge in [-0.3, -0.25) is 0 Å². The van der Waals surface area contributed by atoms with Gasteiger partial charge in [0.05, 0.1) is 0 Å². The number of benzene rings is 2. The molecular weight excluding hydrogens is 352 g/mol. The summed E-state index contributed by atoms with van der Waals surface area (Å²) in [5.74, 6) is 0. The van der Waals surface area contributed by atoms with Crippen LogP contribution in [0.3, 0.4) is 0 Å². The molecule has 0 amide bonds. The second-order valence-corrected chi connectivity index (χ2v) is 8.75. The van der Waals surface area contributed by atoms with E-state index in [1.807, 2.05) is 67.6 Å². The second kappa shape index (κ2) is 6.43. The number of hydrogen-bond acceptors (Lipinski definition) is 2. The van der Waals surface area contributed by atoms with E-state index >= 15 is 0 Å². The summed E-state index contributed by atoms with van der Waals surface area (Å²) < 4.78 is 19.8. The predicted octanol–water partition coefficient (Wildman–Crippen LogP) is 2.88. The molecule has 2 aromatic rings. The molecule has 3 heteroatoms. The molecule has 1 unspecified atom stereocenters. The van der Waals surface area contributed by atoms with E-state index in [4.69, 9.17) is 4.74 Å². The maximum absolute atomic E-state index is 12.6. The van der Waals surface area contributed by atoms with Gasteiger partial charge in [-0.25, -0.2) is 0 Å². The molecule has 0 aromatic heterocycles. The van der Waals surface area contributed by atoms with Crippen molar-refractivity contribution in [3.8, 4) is 0 Å². The van der Waals surface area contributed by atoms with Crippen molar-refractivity contribution in [3.63, 3.8) is 0 Å². The van der Waals surface area contributed by atoms with Gasteiger partial charge in [-0.2, -0.15) is 0 Å². The molecule has 0 fully saturated rings. The topological polar surface area (TPSA) is 26.3 Å². The zero-order valence-corrected chi connectivity index (χ0v) is 13.5. The molecule has 1 atom stereocenters. The van der Waals surface area contributed by atoms with E-state index in [0.717, 1.165) is 9.17 Å². The summed E-state index contributed by atoms with van der Waals surface area (Å²) in [6.45, 7) is 2.01. The quantitative estimate of drug-likeness (QED) is 0.757. The molecule has 100 valence electrons. The molecule has 2 nitrogen and oxygen atoms in total. The molecule has 0 heterocycles. The summed E-state index contributed by atoms with van der Waals surface area (Å²) in [7, 11) is 1.68. The molecule has 0 N–H and O–H groups in total. The summed E-state index contributed by atoms with van der Waals surface area (Å²) in [5, 5.41) is 0. The van der Waals surface area contributed by atoms with Crippen LogP contribution in [-0.4, -0.2) is 26.6 Å². The molecule has 0 bridgehead atoms. The fourth-order valence-corrected chi connectivity index (χ4v) is 5.99. The molecule has 2 rings (SSSR count). The molecule has 2 aromatic carbocycles. The number of hydrogen-bond donors (Lipinski definition) is 0. The van der Waals surface area contributed by atoms with Crippen molar-refractivity contribution in [2.75, 3.05) is 7.11 Å². The van der Waals surface area contributed by atoms with Crippen LogP contribution in [0.2, 0.25) is 4.47 Å². The molecule has 0 radical (unpaired) electrons. The fraction of sp³-hybridized carbons (Fsp3) is 0.250. The third kappa shape index (κ3) is 3.51. The monoisotopic (exact) mass is 372 g/mol. The Balaban J connectivity index is 2.22. The first kappa shape index (κ1) is 14.4. The zero-order valence-electron chi connectivity index (χ0n) is 11.2. The fourth-order valence-electron chi connectivity index (χ4n) is 1.96. The van der Waals surface area contributed by atoms with E-state index < -0.39 is 25.1 Å². The van der Waals surface area contributed by atoms with E-state index in [2.05, 4.69) is 0 Å². The Morgan fingerprint density at radius 3 is 2.05 bits per heavy atom. The second-order valence-electron chi connectivity index (χ2n) is 4.60. The molecule has 0 aliphatic heterocycles. The zero-order chi connectivity index (χ0) is 13.7. The normalized spacial score (nSPS) is 14.3. The molecule has 0 aliphatic carbocycles. The van der Waals surface area contributed by atoms with Crippen LogP contribution in [0.4, 0.5) is 0 Å². The molecule has 0 saturated heterocycles. The van der Waals surface area contributed by atoms with Crippen LogP contribution in [0.15, 0.2) is 60.7 Å². The van der Waals surface area contributed by atoms with E-state index in [1.165, 1.54) is 0 Å². The van der Waals surface area contributed by atoms with Gasteiger partial charge in [0, 0.05) is 0 Å². The molecule has 0 spiro atoms. The van der Waals surface area contributed by atoms with Gasteiger partial charge in [0.2, 0.25) is 0 Å². The maximum atomic E-state index is 12.6. The minimum absolute atomic E-state index is 0.477. The van der Waals surface area contributed by atoms with Gasteiger partial charge < -0.3 is 0 Å². The Bertz CT molecular complexity index is 539. The number of rotatable bonds is 5. The average Bonchev–Trinajstić information content (AvgIpc) is 2.49. The summed E-state index contributed by atoms with van der Waals surface area (Å²) >= 11 is -2.58. The van der Waals surface area contributed by atoms with E-state index in [-0.39, 0.29) is 0 Å². The van der Waals surface area contributed by atoms with Gasteiger partial charge in [-0.1, -0.05) is 0 Å². The van der Waals surface area contributed by atoms with Crippen LogP contribution in [0.1, 0.15) is 12.5 Å². The van der Waals surface area contributed by atoms with Crippen LogP contribution in [0.5, 0.6) is 0 Å². The van der Waals surface area contributed by atoms with Crippen molar-refractivity contribution < 1.29 is 7.84 Å². The summed E-state index contributed by atoms with van der Waals surface area (Å²) in [5.41, 5.74) is 0.602. The van der Waals surface area contributed by atoms with Gasteiger partial charge in [0.15, 0.2) is 0 Å². The summed E-state index contributed by atoms with van der Waals surface area (Å²) in [6, 6.07) is 19.7. The molecule has 0 saturated carbocycles. The van der Waals surface area contributed by atoms with Crippen LogP contribution >= 0.6 is 0 Å². The van der Waals surface area contributed by atoms with Gasteiger partial charge in [-0.15, -0.1) is 0 Å². The van der Waals surface area contributed by atoms with Gasteiger partial charge in [0.1, 0.15) is 0 Å². The van der Waals surface area contributed by atoms with Gasteiger partial charge >= 0.3 is 121 Å². The Morgan fingerprint density at radius 1 is 1.00 bits per heavy atom. The van der Waals surface area contributed by atoms with Crippen LogP contribution in [0.25, 0.3) is 0 Å². The van der Waals surface area contributed by atoms with Crippen molar-refractivity contribution >= 4 is 23.1 Å². The van der Waals surface area contributed by atoms with Crippen molar-refractivity contribution in [1.29, 1.82) is 0 Å². The van der Waals surface area contributed by atoms with Crippen molar-refractivity contribution in [2.24, 2.45) is 0 Å². The third-order valence-electron chi connectivity index (χ3n) is 3.25. The molecule has 0 aliphatic rings. The van der Waals surface area contributed by atoms with Crippen LogP contribution in [0, 0.1) is 0 Å². The van der Waals surface area contributed by atoms with Crippen molar-refractivity contribution in [1.82, 2.24) is 0 Å². The van der Waals surface area contributed by atoms with Crippen LogP contribution < -0.4 is 3.61 Å². The minimum atomic E-state index is -2.58. The first-order valence-electron chi connectivity index (χ1n) is 6.20. The van der Waals surface area contributed by atoms with E-state index in [9.17, 15) is 3.10 Å². The van der Waals surface area contributed by atoms with E-state index in [0.29, 0.717) is 4.47 Å².